The summed E-state index contributed by atoms with van der Waals surface area (Å²) in [4.78, 5) is 10.6. The van der Waals surface area contributed by atoms with E-state index in [2.05, 4.69) is 21.1 Å². The maximum absolute atomic E-state index is 10.6. The van der Waals surface area contributed by atoms with Crippen LogP contribution in [0.1, 0.15) is 16.2 Å². The summed E-state index contributed by atoms with van der Waals surface area (Å²) in [6.07, 6.45) is 0.465. The summed E-state index contributed by atoms with van der Waals surface area (Å²) in [7, 11) is 0. The molecule has 0 radical (unpaired) electrons. The normalized spacial score (nSPS) is 10.3. The van der Waals surface area contributed by atoms with E-state index < -0.39 is 5.97 Å². The molecule has 18 heavy (non-hydrogen) atoms. The number of aromatic nitrogens is 1. The second kappa shape index (κ2) is 5.68. The Bertz CT molecular complexity index is 553. The van der Waals surface area contributed by atoms with E-state index in [1.165, 1.54) is 6.07 Å². The second-order valence-electron chi connectivity index (χ2n) is 3.54. The number of aromatic carboxylic acids is 1. The number of rotatable bonds is 5. The fourth-order valence-corrected chi connectivity index (χ4v) is 1.74. The molecule has 0 aliphatic rings. The van der Waals surface area contributed by atoms with Crippen molar-refractivity contribution in [2.75, 3.05) is 6.61 Å². The molecule has 1 heterocycles. The number of hydrogen-bond donors (Lipinski definition) is 1. The summed E-state index contributed by atoms with van der Waals surface area (Å²) in [6, 6.07) is 8.86. The van der Waals surface area contributed by atoms with E-state index in [-0.39, 0.29) is 5.69 Å². The van der Waals surface area contributed by atoms with Gasteiger partial charge >= 0.3 is 5.97 Å². The summed E-state index contributed by atoms with van der Waals surface area (Å²) >= 11 is 3.34. The van der Waals surface area contributed by atoms with Gasteiger partial charge < -0.3 is 14.4 Å². The molecule has 0 saturated heterocycles. The van der Waals surface area contributed by atoms with Crippen molar-refractivity contribution in [2.45, 2.75) is 6.42 Å². The van der Waals surface area contributed by atoms with E-state index >= 15 is 0 Å². The zero-order valence-corrected chi connectivity index (χ0v) is 10.9. The first-order valence-electron chi connectivity index (χ1n) is 5.22. The molecule has 94 valence electrons. The monoisotopic (exact) mass is 311 g/mol. The molecule has 0 bridgehead atoms. The Morgan fingerprint density at radius 3 is 2.94 bits per heavy atom. The molecule has 0 atom stereocenters. The Balaban J connectivity index is 1.86. The van der Waals surface area contributed by atoms with Gasteiger partial charge in [-0.15, -0.1) is 0 Å². The minimum atomic E-state index is -1.10. The molecule has 6 heteroatoms. The summed E-state index contributed by atoms with van der Waals surface area (Å²) in [5, 5.41) is 12.1. The Hall–Kier alpha value is -1.82. The van der Waals surface area contributed by atoms with Gasteiger partial charge in [0.1, 0.15) is 11.5 Å². The molecule has 0 spiro atoms. The van der Waals surface area contributed by atoms with Gasteiger partial charge in [-0.2, -0.15) is 0 Å². The highest BCUT2D eigenvalue weighted by molar-refractivity contribution is 9.10. The highest BCUT2D eigenvalue weighted by atomic mass is 79.9. The van der Waals surface area contributed by atoms with Crippen LogP contribution in [0.25, 0.3) is 0 Å². The minimum Gasteiger partial charge on any atom is -0.493 e. The lowest BCUT2D eigenvalue weighted by atomic mass is 10.3. The number of hydrogen-bond acceptors (Lipinski definition) is 4. The van der Waals surface area contributed by atoms with E-state index in [1.54, 1.807) is 0 Å². The Morgan fingerprint density at radius 1 is 1.44 bits per heavy atom. The van der Waals surface area contributed by atoms with E-state index in [0.29, 0.717) is 18.8 Å². The summed E-state index contributed by atoms with van der Waals surface area (Å²) in [5.74, 6) is 0.127. The molecular formula is C12H10BrNO4. The topological polar surface area (TPSA) is 72.6 Å². The summed E-state index contributed by atoms with van der Waals surface area (Å²) in [6.45, 7) is 0.394. The lowest BCUT2D eigenvalue weighted by Crippen LogP contribution is -2.00. The Labute approximate surface area is 111 Å². The summed E-state index contributed by atoms with van der Waals surface area (Å²) < 4.78 is 11.3. The van der Waals surface area contributed by atoms with E-state index in [1.807, 2.05) is 24.3 Å². The average molecular weight is 312 g/mol. The zero-order chi connectivity index (χ0) is 13.0. The van der Waals surface area contributed by atoms with Gasteiger partial charge in [0.05, 0.1) is 6.61 Å². The first-order chi connectivity index (χ1) is 8.65. The molecule has 0 unspecified atom stereocenters. The molecule has 2 aromatic rings. The number of ether oxygens (including phenoxy) is 1. The molecule has 0 aliphatic carbocycles. The average Bonchev–Trinajstić information content (AvgIpc) is 2.78. The van der Waals surface area contributed by atoms with Gasteiger partial charge in [-0.05, 0) is 18.2 Å². The van der Waals surface area contributed by atoms with Crippen LogP contribution >= 0.6 is 15.9 Å². The van der Waals surface area contributed by atoms with Crippen molar-refractivity contribution in [3.63, 3.8) is 0 Å². The van der Waals surface area contributed by atoms with Crippen molar-refractivity contribution in [2.24, 2.45) is 0 Å². The van der Waals surface area contributed by atoms with E-state index in [0.717, 1.165) is 10.2 Å². The molecule has 1 aromatic carbocycles. The third-order valence-electron chi connectivity index (χ3n) is 2.19. The largest absolute Gasteiger partial charge is 0.493 e. The molecule has 1 N–H and O–H groups in total. The van der Waals surface area contributed by atoms with Gasteiger partial charge in [-0.25, -0.2) is 4.79 Å². The first kappa shape index (κ1) is 12.6. The van der Waals surface area contributed by atoms with Crippen LogP contribution in [0.15, 0.2) is 39.3 Å². The van der Waals surface area contributed by atoms with Crippen LogP contribution in [0.4, 0.5) is 0 Å². The maximum atomic E-state index is 10.6. The molecular weight excluding hydrogens is 302 g/mol. The van der Waals surface area contributed by atoms with Crippen molar-refractivity contribution in [1.82, 2.24) is 5.16 Å². The number of benzene rings is 1. The fourth-order valence-electron chi connectivity index (χ4n) is 1.36. The van der Waals surface area contributed by atoms with Crippen LogP contribution in [-0.4, -0.2) is 22.8 Å². The van der Waals surface area contributed by atoms with Crippen molar-refractivity contribution >= 4 is 21.9 Å². The van der Waals surface area contributed by atoms with E-state index in [4.69, 9.17) is 14.4 Å². The Morgan fingerprint density at radius 2 is 2.28 bits per heavy atom. The standard InChI is InChI=1S/C12H10BrNO4/c13-8-2-1-3-9(6-8)17-5-4-10-7-11(12(15)16)14-18-10/h1-3,6-7H,4-5H2,(H,15,16). The highest BCUT2D eigenvalue weighted by Gasteiger charge is 2.10. The van der Waals surface area contributed by atoms with Crippen molar-refractivity contribution < 1.29 is 19.2 Å². The third-order valence-corrected chi connectivity index (χ3v) is 2.68. The third kappa shape index (κ3) is 3.33. The summed E-state index contributed by atoms with van der Waals surface area (Å²) in [5.41, 5.74) is -0.0903. The number of carboxylic acid groups (broad SMARTS) is 1. The van der Waals surface area contributed by atoms with Crippen LogP contribution < -0.4 is 4.74 Å². The van der Waals surface area contributed by atoms with Crippen LogP contribution in [0.3, 0.4) is 0 Å². The van der Waals surface area contributed by atoms with E-state index in [9.17, 15) is 4.79 Å². The minimum absolute atomic E-state index is 0.0903. The van der Waals surface area contributed by atoms with Crippen LogP contribution in [0, 0.1) is 0 Å². The van der Waals surface area contributed by atoms with Crippen molar-refractivity contribution in [1.29, 1.82) is 0 Å². The maximum Gasteiger partial charge on any atom is 0.358 e. The van der Waals surface area contributed by atoms with Gasteiger partial charge in [0.25, 0.3) is 0 Å². The highest BCUT2D eigenvalue weighted by Crippen LogP contribution is 2.18. The first-order valence-corrected chi connectivity index (χ1v) is 6.02. The quantitative estimate of drug-likeness (QED) is 0.919. The molecule has 0 amide bonds. The van der Waals surface area contributed by atoms with Crippen LogP contribution in [-0.2, 0) is 6.42 Å². The van der Waals surface area contributed by atoms with Gasteiger partial charge in [-0.1, -0.05) is 27.2 Å². The molecule has 2 rings (SSSR count). The van der Waals surface area contributed by atoms with Gasteiger partial charge in [0.15, 0.2) is 5.69 Å². The van der Waals surface area contributed by atoms with Crippen LogP contribution in [0.5, 0.6) is 5.75 Å². The SMILES string of the molecule is O=C(O)c1cc(CCOc2cccc(Br)c2)on1. The number of carboxylic acids is 1. The second-order valence-corrected chi connectivity index (χ2v) is 4.46. The predicted octanol–water partition coefficient (Wildman–Crippen LogP) is 2.76. The predicted molar refractivity (Wildman–Crippen MR) is 66.8 cm³/mol. The van der Waals surface area contributed by atoms with Gasteiger partial charge in [0.2, 0.25) is 0 Å². The van der Waals surface area contributed by atoms with Crippen LogP contribution in [0.2, 0.25) is 0 Å². The molecule has 1 aromatic heterocycles. The smallest absolute Gasteiger partial charge is 0.358 e. The zero-order valence-electron chi connectivity index (χ0n) is 9.30. The molecule has 0 fully saturated rings. The Kier molecular flexibility index (Phi) is 3.99. The lowest BCUT2D eigenvalue weighted by Gasteiger charge is -2.04. The lowest BCUT2D eigenvalue weighted by molar-refractivity contribution is 0.0685. The number of nitrogens with zero attached hydrogens (tertiary/aromatic N) is 1. The molecule has 0 aliphatic heterocycles. The van der Waals surface area contributed by atoms with Gasteiger partial charge in [-0.3, -0.25) is 0 Å². The fraction of sp³-hybridized carbons (Fsp3) is 0.167. The number of halogens is 1. The van der Waals surface area contributed by atoms with Gasteiger partial charge in [0, 0.05) is 17.0 Å². The number of carbonyl (C=O) groups is 1. The van der Waals surface area contributed by atoms with Crippen molar-refractivity contribution in [3.05, 3.63) is 46.3 Å². The molecule has 5 nitrogen and oxygen atoms in total. The molecule has 0 saturated carbocycles. The van der Waals surface area contributed by atoms with Crippen molar-refractivity contribution in [3.8, 4) is 5.75 Å².